The Labute approximate surface area is 153 Å². The van der Waals surface area contributed by atoms with Gasteiger partial charge in [-0.25, -0.2) is 9.97 Å². The number of hydrogen-bond donors (Lipinski definition) is 0. The van der Waals surface area contributed by atoms with Gasteiger partial charge in [0.25, 0.3) is 5.91 Å². The zero-order chi connectivity index (χ0) is 18.5. The summed E-state index contributed by atoms with van der Waals surface area (Å²) < 4.78 is 0. The molecule has 26 heavy (non-hydrogen) atoms. The Balaban J connectivity index is 1.68. The second-order valence-corrected chi connectivity index (χ2v) is 7.21. The van der Waals surface area contributed by atoms with E-state index in [1.807, 2.05) is 0 Å². The van der Waals surface area contributed by atoms with E-state index in [1.54, 1.807) is 35.6 Å². The number of pyridine rings is 1. The van der Waals surface area contributed by atoms with E-state index in [1.165, 1.54) is 6.33 Å². The van der Waals surface area contributed by atoms with Crippen molar-refractivity contribution in [2.24, 2.45) is 11.8 Å². The number of amides is 1. The molecule has 0 saturated carbocycles. The quantitative estimate of drug-likeness (QED) is 0.827. The zero-order valence-corrected chi connectivity index (χ0v) is 15.3. The van der Waals surface area contributed by atoms with Crippen molar-refractivity contribution >= 4 is 11.7 Å². The third kappa shape index (κ3) is 4.31. The molecule has 1 atom stereocenters. The van der Waals surface area contributed by atoms with Crippen LogP contribution in [0.4, 0.5) is 0 Å². The second kappa shape index (κ2) is 8.17. The average Bonchev–Trinajstić information content (AvgIpc) is 2.68. The molecule has 136 valence electrons. The fourth-order valence-corrected chi connectivity index (χ4v) is 3.30. The lowest BCUT2D eigenvalue weighted by atomic mass is 9.89. The first-order chi connectivity index (χ1) is 12.5. The third-order valence-corrected chi connectivity index (χ3v) is 4.64. The normalized spacial score (nSPS) is 17.3. The molecule has 2 aromatic heterocycles. The molecule has 1 unspecified atom stereocenters. The number of likely N-dealkylation sites (tertiary alicyclic amines) is 1. The van der Waals surface area contributed by atoms with Crippen molar-refractivity contribution in [3.05, 3.63) is 42.6 Å². The van der Waals surface area contributed by atoms with Gasteiger partial charge in [0.05, 0.1) is 11.3 Å². The minimum absolute atomic E-state index is 0.0381. The summed E-state index contributed by atoms with van der Waals surface area (Å²) in [4.78, 5) is 39.2. The molecule has 1 aliphatic rings. The third-order valence-electron chi connectivity index (χ3n) is 4.64. The van der Waals surface area contributed by atoms with Gasteiger partial charge in [-0.2, -0.15) is 0 Å². The molecule has 1 fully saturated rings. The van der Waals surface area contributed by atoms with Crippen LogP contribution >= 0.6 is 0 Å². The largest absolute Gasteiger partial charge is 0.338 e. The van der Waals surface area contributed by atoms with Crippen molar-refractivity contribution in [1.82, 2.24) is 19.9 Å². The zero-order valence-electron chi connectivity index (χ0n) is 15.3. The maximum absolute atomic E-state index is 12.8. The Morgan fingerprint density at radius 1 is 1.19 bits per heavy atom. The lowest BCUT2D eigenvalue weighted by molar-refractivity contribution is -0.124. The van der Waals surface area contributed by atoms with Gasteiger partial charge in [-0.3, -0.25) is 14.6 Å². The lowest BCUT2D eigenvalue weighted by Gasteiger charge is -2.32. The predicted molar refractivity (Wildman–Crippen MR) is 98.4 cm³/mol. The van der Waals surface area contributed by atoms with Gasteiger partial charge >= 0.3 is 0 Å². The summed E-state index contributed by atoms with van der Waals surface area (Å²) in [6.45, 7) is 5.31. The summed E-state index contributed by atoms with van der Waals surface area (Å²) in [5.41, 5.74) is 2.08. The Morgan fingerprint density at radius 3 is 2.62 bits per heavy atom. The van der Waals surface area contributed by atoms with Crippen molar-refractivity contribution in [3.8, 4) is 11.3 Å². The van der Waals surface area contributed by atoms with Crippen molar-refractivity contribution in [1.29, 1.82) is 0 Å². The summed E-state index contributed by atoms with van der Waals surface area (Å²) in [7, 11) is 0. The number of Topliss-reactive ketones (excluding diaryl/α,β-unsaturated/α-hetero) is 1. The number of hydrogen-bond acceptors (Lipinski definition) is 5. The second-order valence-electron chi connectivity index (χ2n) is 7.21. The van der Waals surface area contributed by atoms with Crippen LogP contribution < -0.4 is 0 Å². The van der Waals surface area contributed by atoms with Crippen LogP contribution in [-0.2, 0) is 4.79 Å². The molecular weight excluding hydrogens is 328 g/mol. The molecule has 2 aromatic rings. The van der Waals surface area contributed by atoms with E-state index in [0.717, 1.165) is 24.1 Å². The van der Waals surface area contributed by atoms with Gasteiger partial charge in [-0.15, -0.1) is 0 Å². The number of ketones is 1. The molecule has 0 spiro atoms. The van der Waals surface area contributed by atoms with Crippen molar-refractivity contribution < 1.29 is 9.59 Å². The first-order valence-electron chi connectivity index (χ1n) is 9.08. The maximum atomic E-state index is 12.8. The molecule has 0 N–H and O–H groups in total. The highest BCUT2D eigenvalue weighted by atomic mass is 16.2. The van der Waals surface area contributed by atoms with Crippen LogP contribution in [-0.4, -0.2) is 44.6 Å². The lowest BCUT2D eigenvalue weighted by Crippen LogP contribution is -2.42. The number of aromatic nitrogens is 3. The molecule has 0 radical (unpaired) electrons. The van der Waals surface area contributed by atoms with Crippen LogP contribution in [0.3, 0.4) is 0 Å². The first kappa shape index (κ1) is 18.2. The molecule has 3 rings (SSSR count). The van der Waals surface area contributed by atoms with Crippen molar-refractivity contribution in [2.75, 3.05) is 13.1 Å². The van der Waals surface area contributed by atoms with Gasteiger partial charge in [0, 0.05) is 49.6 Å². The van der Waals surface area contributed by atoms with E-state index < -0.39 is 0 Å². The van der Waals surface area contributed by atoms with E-state index in [4.69, 9.17) is 0 Å². The van der Waals surface area contributed by atoms with Gasteiger partial charge < -0.3 is 4.90 Å². The van der Waals surface area contributed by atoms with Crippen molar-refractivity contribution in [3.63, 3.8) is 0 Å². The molecular formula is C20H24N4O2. The van der Waals surface area contributed by atoms with E-state index >= 15 is 0 Å². The average molecular weight is 352 g/mol. The number of nitrogens with zero attached hydrogens (tertiary/aromatic N) is 4. The van der Waals surface area contributed by atoms with E-state index in [2.05, 4.69) is 28.8 Å². The predicted octanol–water partition coefficient (Wildman–Crippen LogP) is 3.01. The fourth-order valence-electron chi connectivity index (χ4n) is 3.30. The highest BCUT2D eigenvalue weighted by molar-refractivity contribution is 5.94. The van der Waals surface area contributed by atoms with E-state index in [9.17, 15) is 9.59 Å². The number of rotatable bonds is 5. The summed E-state index contributed by atoms with van der Waals surface area (Å²) >= 11 is 0. The van der Waals surface area contributed by atoms with Gasteiger partial charge in [-0.1, -0.05) is 13.8 Å². The highest BCUT2D eigenvalue weighted by Crippen LogP contribution is 2.22. The van der Waals surface area contributed by atoms with Gasteiger partial charge in [-0.05, 0) is 30.9 Å². The Bertz CT molecular complexity index is 759. The minimum atomic E-state index is -0.0598. The molecule has 0 aliphatic carbocycles. The van der Waals surface area contributed by atoms with Crippen LogP contribution in [0.2, 0.25) is 0 Å². The fraction of sp³-hybridized carbons (Fsp3) is 0.450. The van der Waals surface area contributed by atoms with Gasteiger partial charge in [0.2, 0.25) is 0 Å². The van der Waals surface area contributed by atoms with Gasteiger partial charge in [0.1, 0.15) is 12.1 Å². The first-order valence-corrected chi connectivity index (χ1v) is 9.08. The molecule has 1 amide bonds. The molecule has 3 heterocycles. The summed E-state index contributed by atoms with van der Waals surface area (Å²) in [5.74, 6) is 0.529. The molecule has 1 saturated heterocycles. The maximum Gasteiger partial charge on any atom is 0.255 e. The number of carbonyl (C=O) groups is 2. The van der Waals surface area contributed by atoms with E-state index in [-0.39, 0.29) is 17.6 Å². The molecule has 0 bridgehead atoms. The Kier molecular flexibility index (Phi) is 5.71. The summed E-state index contributed by atoms with van der Waals surface area (Å²) in [6, 6.07) is 3.58. The Morgan fingerprint density at radius 2 is 1.96 bits per heavy atom. The SMILES string of the molecule is CC(C)CC(=O)C1CCCN(C(=O)c2ccc(-c3cncnc3)nc2)C1. The van der Waals surface area contributed by atoms with Crippen LogP contribution in [0, 0.1) is 11.8 Å². The standard InChI is InChI=1S/C20H24N4O2/c1-14(2)8-19(25)16-4-3-7-24(12-16)20(26)15-5-6-18(23-11-15)17-9-21-13-22-10-17/h5-6,9-11,13-14,16H,3-4,7-8,12H2,1-2H3. The van der Waals surface area contributed by atoms with Crippen LogP contribution in [0.15, 0.2) is 37.1 Å². The molecule has 1 aliphatic heterocycles. The minimum Gasteiger partial charge on any atom is -0.338 e. The van der Waals surface area contributed by atoms with Crippen LogP contribution in [0.1, 0.15) is 43.5 Å². The smallest absolute Gasteiger partial charge is 0.255 e. The Hall–Kier alpha value is -2.63. The summed E-state index contributed by atoms with van der Waals surface area (Å²) in [6.07, 6.45) is 8.76. The van der Waals surface area contributed by atoms with E-state index in [0.29, 0.717) is 31.0 Å². The topological polar surface area (TPSA) is 76.1 Å². The van der Waals surface area contributed by atoms with Crippen molar-refractivity contribution in [2.45, 2.75) is 33.1 Å². The molecule has 6 nitrogen and oxygen atoms in total. The molecule has 6 heteroatoms. The summed E-state index contributed by atoms with van der Waals surface area (Å²) in [5, 5.41) is 0. The van der Waals surface area contributed by atoms with Crippen LogP contribution in [0.5, 0.6) is 0 Å². The van der Waals surface area contributed by atoms with Crippen LogP contribution in [0.25, 0.3) is 11.3 Å². The highest BCUT2D eigenvalue weighted by Gasteiger charge is 2.29. The number of piperidine rings is 1. The van der Waals surface area contributed by atoms with Gasteiger partial charge in [0.15, 0.2) is 0 Å². The number of carbonyl (C=O) groups excluding carboxylic acids is 2. The monoisotopic (exact) mass is 352 g/mol. The molecule has 0 aromatic carbocycles.